The highest BCUT2D eigenvalue weighted by molar-refractivity contribution is 5.72. The monoisotopic (exact) mass is 299 g/mol. The van der Waals surface area contributed by atoms with Gasteiger partial charge in [0.25, 0.3) is 0 Å². The lowest BCUT2D eigenvalue weighted by Gasteiger charge is -2.33. The molecular weight excluding hydrogens is 280 g/mol. The summed E-state index contributed by atoms with van der Waals surface area (Å²) in [5.41, 5.74) is -1.12. The summed E-state index contributed by atoms with van der Waals surface area (Å²) < 4.78 is 20.6. The molecule has 0 aliphatic heterocycles. The van der Waals surface area contributed by atoms with Crippen LogP contribution in [0.2, 0.25) is 0 Å². The van der Waals surface area contributed by atoms with E-state index in [0.717, 1.165) is 0 Å². The van der Waals surface area contributed by atoms with Crippen molar-refractivity contribution in [2.24, 2.45) is 0 Å². The zero-order chi connectivity index (χ0) is 16.0. The number of carboxylic acid groups (broad SMARTS) is 1. The van der Waals surface area contributed by atoms with Crippen molar-refractivity contribution in [3.63, 3.8) is 0 Å². The molecule has 0 aliphatic carbocycles. The number of carboxylic acids is 1. The van der Waals surface area contributed by atoms with Crippen molar-refractivity contribution < 1.29 is 28.8 Å². The summed E-state index contributed by atoms with van der Waals surface area (Å²) in [6.45, 7) is 5.23. The Labute approximate surface area is 123 Å². The van der Waals surface area contributed by atoms with E-state index in [0.29, 0.717) is 6.61 Å². The highest BCUT2D eigenvalue weighted by atomic mass is 16.6. The summed E-state index contributed by atoms with van der Waals surface area (Å²) in [6.07, 6.45) is -1.39. The normalized spacial score (nSPS) is 12.6. The van der Waals surface area contributed by atoms with Gasteiger partial charge in [0, 0.05) is 6.61 Å². The molecule has 1 aromatic heterocycles. The van der Waals surface area contributed by atoms with E-state index in [4.69, 9.17) is 18.9 Å². The molecule has 8 heteroatoms. The van der Waals surface area contributed by atoms with Crippen LogP contribution in [0.1, 0.15) is 20.8 Å². The van der Waals surface area contributed by atoms with Crippen LogP contribution in [0.3, 0.4) is 0 Å². The Balaban J connectivity index is 3.07. The van der Waals surface area contributed by atoms with E-state index < -0.39 is 17.7 Å². The number of aromatic nitrogens is 2. The lowest BCUT2D eigenvalue weighted by atomic mass is 10.0. The number of methoxy groups -OCH3 is 2. The maximum atomic E-state index is 11.3. The molecule has 21 heavy (non-hydrogen) atoms. The number of carbonyl (C=O) groups is 1. The first kappa shape index (κ1) is 17.0. The van der Waals surface area contributed by atoms with Gasteiger partial charge in [0.1, 0.15) is 5.60 Å². The van der Waals surface area contributed by atoms with Gasteiger partial charge in [-0.1, -0.05) is 0 Å². The van der Waals surface area contributed by atoms with Crippen LogP contribution < -0.4 is 19.3 Å². The molecule has 8 nitrogen and oxygen atoms in total. The Morgan fingerprint density at radius 3 is 2.19 bits per heavy atom. The van der Waals surface area contributed by atoms with Crippen LogP contribution >= 0.6 is 0 Å². The molecule has 0 spiro atoms. The second kappa shape index (κ2) is 7.07. The van der Waals surface area contributed by atoms with Crippen LogP contribution in [-0.4, -0.2) is 48.5 Å². The lowest BCUT2D eigenvalue weighted by Crippen LogP contribution is -2.54. The average molecular weight is 299 g/mol. The van der Waals surface area contributed by atoms with Gasteiger partial charge in [-0.3, -0.25) is 0 Å². The Bertz CT molecular complexity index is 469. The van der Waals surface area contributed by atoms with E-state index >= 15 is 0 Å². The predicted octanol–water partition coefficient (Wildman–Crippen LogP) is -0.194. The van der Waals surface area contributed by atoms with Crippen molar-refractivity contribution >= 4 is 5.97 Å². The molecule has 0 aromatic carbocycles. The minimum Gasteiger partial charge on any atom is -0.546 e. The fraction of sp³-hybridized carbons (Fsp3) is 0.615. The topological polar surface area (TPSA) is 103 Å². The number of aliphatic carboxylic acids is 1. The smallest absolute Gasteiger partial charge is 0.323 e. The van der Waals surface area contributed by atoms with Crippen LogP contribution in [0.4, 0.5) is 0 Å². The number of ether oxygens (including phenoxy) is 4. The van der Waals surface area contributed by atoms with Crippen LogP contribution in [0.25, 0.3) is 0 Å². The van der Waals surface area contributed by atoms with Crippen LogP contribution in [0, 0.1) is 0 Å². The first-order valence-electron chi connectivity index (χ1n) is 6.32. The second-order valence-corrected chi connectivity index (χ2v) is 4.59. The van der Waals surface area contributed by atoms with E-state index in [1.807, 2.05) is 0 Å². The molecule has 0 N–H and O–H groups in total. The number of carbonyl (C=O) groups excluding carboxylic acids is 1. The number of nitrogens with zero attached hydrogens (tertiary/aromatic N) is 2. The van der Waals surface area contributed by atoms with Crippen LogP contribution in [0.5, 0.6) is 17.8 Å². The van der Waals surface area contributed by atoms with Gasteiger partial charge < -0.3 is 28.8 Å². The summed E-state index contributed by atoms with van der Waals surface area (Å²) >= 11 is 0. The minimum atomic E-state index is -1.43. The van der Waals surface area contributed by atoms with Crippen molar-refractivity contribution in [3.05, 3.63) is 6.07 Å². The van der Waals surface area contributed by atoms with E-state index in [1.165, 1.54) is 20.3 Å². The van der Waals surface area contributed by atoms with Crippen molar-refractivity contribution in [3.8, 4) is 17.8 Å². The lowest BCUT2D eigenvalue weighted by molar-refractivity contribution is -0.320. The van der Waals surface area contributed by atoms with E-state index in [2.05, 4.69) is 9.97 Å². The third kappa shape index (κ3) is 4.45. The fourth-order valence-electron chi connectivity index (χ4n) is 1.67. The standard InChI is InChI=1S/C13H20N2O6/c1-6-20-13(2,3)10(11(16)17)21-12-14-8(18-4)7-9(15-12)19-5/h7,10H,6H2,1-5H3,(H,16,17)/p-1. The second-order valence-electron chi connectivity index (χ2n) is 4.59. The van der Waals surface area contributed by atoms with Crippen molar-refractivity contribution in [2.75, 3.05) is 20.8 Å². The fourth-order valence-corrected chi connectivity index (χ4v) is 1.67. The molecule has 0 radical (unpaired) electrons. The molecule has 0 bridgehead atoms. The summed E-state index contributed by atoms with van der Waals surface area (Å²) in [6, 6.07) is 1.24. The van der Waals surface area contributed by atoms with Crippen LogP contribution in [-0.2, 0) is 9.53 Å². The number of hydrogen-bond donors (Lipinski definition) is 0. The molecule has 0 saturated heterocycles. The third-order valence-electron chi connectivity index (χ3n) is 2.66. The molecule has 0 saturated carbocycles. The third-order valence-corrected chi connectivity index (χ3v) is 2.66. The van der Waals surface area contributed by atoms with Gasteiger partial charge in [-0.15, -0.1) is 0 Å². The first-order valence-corrected chi connectivity index (χ1v) is 6.32. The summed E-state index contributed by atoms with van der Waals surface area (Å²) in [4.78, 5) is 19.1. The van der Waals surface area contributed by atoms with Gasteiger partial charge in [0.05, 0.1) is 26.3 Å². The van der Waals surface area contributed by atoms with Crippen molar-refractivity contribution in [1.82, 2.24) is 9.97 Å². The van der Waals surface area contributed by atoms with Gasteiger partial charge in [-0.05, 0) is 20.8 Å². The SMILES string of the molecule is CCOC(C)(C)C(Oc1nc(OC)cc(OC)n1)C(=O)[O-]. The Hall–Kier alpha value is -2.09. The van der Waals surface area contributed by atoms with Gasteiger partial charge in [-0.25, -0.2) is 0 Å². The zero-order valence-electron chi connectivity index (χ0n) is 12.7. The maximum absolute atomic E-state index is 11.3. The minimum absolute atomic E-state index is 0.183. The molecule has 1 aromatic rings. The Morgan fingerprint density at radius 1 is 1.29 bits per heavy atom. The summed E-state index contributed by atoms with van der Waals surface area (Å²) in [5, 5.41) is 11.3. The maximum Gasteiger partial charge on any atom is 0.323 e. The quantitative estimate of drug-likeness (QED) is 0.650. The Morgan fingerprint density at radius 2 is 1.81 bits per heavy atom. The van der Waals surface area contributed by atoms with Gasteiger partial charge in [0.15, 0.2) is 6.10 Å². The molecule has 0 aliphatic rings. The number of hydrogen-bond acceptors (Lipinski definition) is 8. The highest BCUT2D eigenvalue weighted by Crippen LogP contribution is 2.23. The highest BCUT2D eigenvalue weighted by Gasteiger charge is 2.34. The van der Waals surface area contributed by atoms with E-state index in [9.17, 15) is 9.90 Å². The molecule has 0 amide bonds. The van der Waals surface area contributed by atoms with E-state index in [-0.39, 0.29) is 17.8 Å². The molecule has 0 fully saturated rings. The Kier molecular flexibility index (Phi) is 5.71. The molecule has 1 unspecified atom stereocenters. The molecular formula is C13H19N2O6-. The molecule has 118 valence electrons. The zero-order valence-corrected chi connectivity index (χ0v) is 12.7. The molecule has 1 rings (SSSR count). The largest absolute Gasteiger partial charge is 0.546 e. The van der Waals surface area contributed by atoms with E-state index in [1.54, 1.807) is 20.8 Å². The average Bonchev–Trinajstić information content (AvgIpc) is 2.43. The summed E-state index contributed by atoms with van der Waals surface area (Å²) in [7, 11) is 2.82. The summed E-state index contributed by atoms with van der Waals surface area (Å²) in [5.74, 6) is -1.06. The molecule has 1 atom stereocenters. The van der Waals surface area contributed by atoms with Gasteiger partial charge >= 0.3 is 6.01 Å². The molecule has 1 heterocycles. The van der Waals surface area contributed by atoms with Gasteiger partial charge in [0.2, 0.25) is 11.8 Å². The van der Waals surface area contributed by atoms with Crippen LogP contribution in [0.15, 0.2) is 6.07 Å². The predicted molar refractivity (Wildman–Crippen MR) is 70.3 cm³/mol. The van der Waals surface area contributed by atoms with Crippen molar-refractivity contribution in [1.29, 1.82) is 0 Å². The van der Waals surface area contributed by atoms with Crippen molar-refractivity contribution in [2.45, 2.75) is 32.5 Å². The first-order chi connectivity index (χ1) is 9.83. The number of rotatable bonds is 8. The van der Waals surface area contributed by atoms with Gasteiger partial charge in [-0.2, -0.15) is 9.97 Å².